The molecule has 198 valence electrons. The molecule has 3 heterocycles. The number of hydrogen-bond donors (Lipinski definition) is 0. The molecule has 3 aromatic heterocycles. The van der Waals surface area contributed by atoms with Gasteiger partial charge in [-0.15, -0.1) is 0 Å². The van der Waals surface area contributed by atoms with E-state index in [0.717, 1.165) is 27.6 Å². The van der Waals surface area contributed by atoms with Crippen LogP contribution in [0.15, 0.2) is 71.8 Å². The van der Waals surface area contributed by atoms with Crippen molar-refractivity contribution in [3.05, 3.63) is 88.7 Å². The molecule has 0 unspecified atom stereocenters. The molecule has 9 nitrogen and oxygen atoms in total. The molecule has 0 bridgehead atoms. The van der Waals surface area contributed by atoms with E-state index in [2.05, 4.69) is 9.97 Å². The normalized spacial score (nSPS) is 14.6. The lowest BCUT2D eigenvalue weighted by Gasteiger charge is -2.14. The molecule has 39 heavy (non-hydrogen) atoms. The Kier molecular flexibility index (Phi) is 5.51. The van der Waals surface area contributed by atoms with Gasteiger partial charge in [0.15, 0.2) is 9.84 Å². The average Bonchev–Trinajstić information content (AvgIpc) is 3.71. The lowest BCUT2D eigenvalue weighted by molar-refractivity contribution is 0.0822. The van der Waals surface area contributed by atoms with Gasteiger partial charge in [-0.1, -0.05) is 24.3 Å². The van der Waals surface area contributed by atoms with Gasteiger partial charge >= 0.3 is 5.69 Å². The highest BCUT2D eigenvalue weighted by molar-refractivity contribution is 7.92. The van der Waals surface area contributed by atoms with Crippen LogP contribution in [0.5, 0.6) is 0 Å². The Hall–Kier alpha value is -4.31. The molecule has 1 fully saturated rings. The lowest BCUT2D eigenvalue weighted by Crippen LogP contribution is -2.22. The Morgan fingerprint density at radius 1 is 0.949 bits per heavy atom. The number of imidazole rings is 1. The molecular formula is C29H27N5O4S. The van der Waals surface area contributed by atoms with Crippen LogP contribution in [0, 0.1) is 0 Å². The first-order valence-electron chi connectivity index (χ1n) is 12.5. The Labute approximate surface area is 225 Å². The number of amides is 1. The SMILES string of the molecule is CN(C)C(=O)c1ccc(-c2ccc3ncc4c(c3c2)n(-c2ccc(C3(S(C)(=O)=O)CC3)cc2)c(=O)n4C)cn1. The summed E-state index contributed by atoms with van der Waals surface area (Å²) in [5, 5.41) is 0.787. The molecule has 0 spiro atoms. The van der Waals surface area contributed by atoms with Gasteiger partial charge < -0.3 is 4.90 Å². The van der Waals surface area contributed by atoms with Crippen molar-refractivity contribution in [2.75, 3.05) is 20.4 Å². The number of hydrogen-bond acceptors (Lipinski definition) is 6. The number of carbonyl (C=O) groups excluding carboxylic acids is 1. The summed E-state index contributed by atoms with van der Waals surface area (Å²) in [6.07, 6.45) is 5.85. The average molecular weight is 542 g/mol. The number of benzene rings is 2. The van der Waals surface area contributed by atoms with E-state index in [1.807, 2.05) is 48.5 Å². The van der Waals surface area contributed by atoms with Gasteiger partial charge in [0, 0.05) is 44.5 Å². The highest BCUT2D eigenvalue weighted by atomic mass is 32.2. The van der Waals surface area contributed by atoms with E-state index in [1.54, 1.807) is 48.7 Å². The number of pyridine rings is 2. The van der Waals surface area contributed by atoms with Crippen LogP contribution in [0.2, 0.25) is 0 Å². The van der Waals surface area contributed by atoms with Crippen molar-refractivity contribution in [2.24, 2.45) is 7.05 Å². The summed E-state index contributed by atoms with van der Waals surface area (Å²) in [4.78, 5) is 36.1. The number of sulfone groups is 1. The van der Waals surface area contributed by atoms with Crippen molar-refractivity contribution in [1.29, 1.82) is 0 Å². The summed E-state index contributed by atoms with van der Waals surface area (Å²) < 4.78 is 27.2. The summed E-state index contributed by atoms with van der Waals surface area (Å²) in [5.74, 6) is -0.172. The quantitative estimate of drug-likeness (QED) is 0.336. The summed E-state index contributed by atoms with van der Waals surface area (Å²) in [6.45, 7) is 0. The molecule has 1 amide bonds. The number of aryl methyl sites for hydroxylation is 1. The van der Waals surface area contributed by atoms with Crippen LogP contribution in [0.1, 0.15) is 28.9 Å². The van der Waals surface area contributed by atoms with Crippen LogP contribution in [0.3, 0.4) is 0 Å². The molecule has 0 atom stereocenters. The molecular weight excluding hydrogens is 514 g/mol. The fraction of sp³-hybridized carbons (Fsp3) is 0.241. The number of carbonyl (C=O) groups is 1. The zero-order valence-corrected chi connectivity index (χ0v) is 22.9. The van der Waals surface area contributed by atoms with Crippen molar-refractivity contribution in [1.82, 2.24) is 24.0 Å². The van der Waals surface area contributed by atoms with Gasteiger partial charge in [0.05, 0.1) is 33.2 Å². The highest BCUT2D eigenvalue weighted by Crippen LogP contribution is 2.52. The third-order valence-electron chi connectivity index (χ3n) is 7.67. The monoisotopic (exact) mass is 541 g/mol. The maximum atomic E-state index is 13.5. The first-order valence-corrected chi connectivity index (χ1v) is 14.4. The molecule has 1 saturated carbocycles. The van der Waals surface area contributed by atoms with Crippen molar-refractivity contribution in [3.8, 4) is 16.8 Å². The largest absolute Gasteiger partial charge is 0.343 e. The van der Waals surface area contributed by atoms with E-state index in [0.29, 0.717) is 35.3 Å². The summed E-state index contributed by atoms with van der Waals surface area (Å²) >= 11 is 0. The molecule has 5 aromatic rings. The number of fused-ring (bicyclic) bond motifs is 3. The minimum atomic E-state index is -3.24. The third kappa shape index (κ3) is 3.85. The molecule has 2 aromatic carbocycles. The zero-order chi connectivity index (χ0) is 27.7. The van der Waals surface area contributed by atoms with Gasteiger partial charge in [0.1, 0.15) is 5.69 Å². The second-order valence-electron chi connectivity index (χ2n) is 10.3. The van der Waals surface area contributed by atoms with Gasteiger partial charge in [-0.3, -0.25) is 23.9 Å². The Morgan fingerprint density at radius 2 is 1.64 bits per heavy atom. The maximum absolute atomic E-state index is 13.5. The Bertz CT molecular complexity index is 1950. The number of nitrogens with zero attached hydrogens (tertiary/aromatic N) is 5. The summed E-state index contributed by atoms with van der Waals surface area (Å²) in [7, 11) is 1.83. The Morgan fingerprint density at radius 3 is 2.23 bits per heavy atom. The molecule has 1 aliphatic carbocycles. The van der Waals surface area contributed by atoms with E-state index >= 15 is 0 Å². The van der Waals surface area contributed by atoms with Crippen LogP contribution in [0.25, 0.3) is 38.8 Å². The minimum absolute atomic E-state index is 0.172. The van der Waals surface area contributed by atoms with Crippen LogP contribution >= 0.6 is 0 Å². The summed E-state index contributed by atoms with van der Waals surface area (Å²) in [5.41, 5.74) is 5.33. The third-order valence-corrected chi connectivity index (χ3v) is 9.73. The van der Waals surface area contributed by atoms with E-state index in [9.17, 15) is 18.0 Å². The first-order chi connectivity index (χ1) is 18.5. The van der Waals surface area contributed by atoms with Gasteiger partial charge in [-0.2, -0.15) is 0 Å². The van der Waals surface area contributed by atoms with Crippen molar-refractivity contribution >= 4 is 37.7 Å². The van der Waals surface area contributed by atoms with E-state index in [-0.39, 0.29) is 11.6 Å². The molecule has 6 rings (SSSR count). The molecule has 10 heteroatoms. The van der Waals surface area contributed by atoms with Crippen LogP contribution in [-0.2, 0) is 21.6 Å². The van der Waals surface area contributed by atoms with E-state index in [4.69, 9.17) is 0 Å². The van der Waals surface area contributed by atoms with Crippen molar-refractivity contribution < 1.29 is 13.2 Å². The maximum Gasteiger partial charge on any atom is 0.333 e. The van der Waals surface area contributed by atoms with Gasteiger partial charge in [0.25, 0.3) is 5.91 Å². The fourth-order valence-electron chi connectivity index (χ4n) is 5.24. The highest BCUT2D eigenvalue weighted by Gasteiger charge is 2.53. The number of rotatable bonds is 5. The number of aromatic nitrogens is 4. The second-order valence-corrected chi connectivity index (χ2v) is 12.7. The molecule has 0 aliphatic heterocycles. The Balaban J connectivity index is 1.50. The lowest BCUT2D eigenvalue weighted by atomic mass is 10.0. The smallest absolute Gasteiger partial charge is 0.333 e. The van der Waals surface area contributed by atoms with E-state index < -0.39 is 14.6 Å². The molecule has 0 saturated heterocycles. The van der Waals surface area contributed by atoms with Crippen molar-refractivity contribution in [3.63, 3.8) is 0 Å². The van der Waals surface area contributed by atoms with Gasteiger partial charge in [-0.25, -0.2) is 13.2 Å². The molecule has 1 aliphatic rings. The van der Waals surface area contributed by atoms with Crippen molar-refractivity contribution in [2.45, 2.75) is 17.6 Å². The van der Waals surface area contributed by atoms with Gasteiger partial charge in [-0.05, 0) is 54.3 Å². The fourth-order valence-corrected chi connectivity index (χ4v) is 6.65. The van der Waals surface area contributed by atoms with Gasteiger partial charge in [0.2, 0.25) is 0 Å². The molecule has 0 radical (unpaired) electrons. The minimum Gasteiger partial charge on any atom is -0.343 e. The topological polar surface area (TPSA) is 107 Å². The second kappa shape index (κ2) is 8.60. The zero-order valence-electron chi connectivity index (χ0n) is 22.0. The van der Waals surface area contributed by atoms with Crippen LogP contribution in [-0.4, -0.2) is 58.7 Å². The predicted molar refractivity (Wildman–Crippen MR) is 151 cm³/mol. The first kappa shape index (κ1) is 25.0. The molecule has 0 N–H and O–H groups in total. The van der Waals surface area contributed by atoms with E-state index in [1.165, 1.54) is 11.2 Å². The predicted octanol–water partition coefficient (Wildman–Crippen LogP) is 3.67. The summed E-state index contributed by atoms with van der Waals surface area (Å²) in [6, 6.07) is 16.6. The van der Waals surface area contributed by atoms with Crippen LogP contribution in [0.4, 0.5) is 0 Å². The standard InChI is InChI=1S/C29H27N5O4S/c1-32(2)27(35)24-12-6-19(16-30-24)18-5-11-23-22(15-18)26-25(17-31-23)33(3)28(36)34(26)21-9-7-20(8-10-21)29(13-14-29)39(4,37)38/h5-12,15-17H,13-14H2,1-4H3. The van der Waals surface area contributed by atoms with Crippen LogP contribution < -0.4 is 5.69 Å².